The highest BCUT2D eigenvalue weighted by atomic mass is 19.2. The highest BCUT2D eigenvalue weighted by Gasteiger charge is 2.34. The van der Waals surface area contributed by atoms with Gasteiger partial charge in [-0.05, 0) is 179 Å². The van der Waals surface area contributed by atoms with Crippen LogP contribution in [0, 0.1) is 68.4 Å². The van der Waals surface area contributed by atoms with Gasteiger partial charge in [-0.3, -0.25) is 38.4 Å². The Morgan fingerprint density at radius 2 is 0.746 bits per heavy atom. The van der Waals surface area contributed by atoms with Gasteiger partial charge in [0.05, 0.1) is 30.8 Å². The number of halogens is 7. The molecule has 12 aromatic rings. The van der Waals surface area contributed by atoms with Crippen LogP contribution in [0.25, 0.3) is 45.0 Å². The van der Waals surface area contributed by atoms with Gasteiger partial charge < -0.3 is 72.2 Å². The summed E-state index contributed by atoms with van der Waals surface area (Å²) in [5.74, 6) is -9.59. The predicted molar refractivity (Wildman–Crippen MR) is 476 cm³/mol. The molecule has 0 aliphatic heterocycles. The molecule has 21 N–H and O–H groups in total. The Balaban J connectivity index is 0.000000157. The van der Waals surface area contributed by atoms with Crippen LogP contribution >= 0.6 is 0 Å². The SMILES string of the molecule is Cc1ccc(F)cc1C(=O)NCc1cc(F)c(-c2nn(C3CCCC3)c(N)c2C(N)=O)cc1F.Cc1ccc(F)cc1C(=O)NCc1ccc(-c2nn(C3CCCC3)c(N)c2C(N)=O)c(F)c1.Cc1ccccc1C(=O)NCc1c(F)cc(-c2nn(C3CCCC3)c(N)c2C(N)=O)cc1F.Cc1ccccc1C(=O)NCc1ccc(-c2nn(C(C)CO)c(N)c2C(N)=O)cc1. The number of nitrogens with two attached hydrogens (primary N) is 8. The molecule has 3 fully saturated rings. The van der Waals surface area contributed by atoms with E-state index in [2.05, 4.69) is 41.7 Å². The molecule has 3 aliphatic rings. The van der Waals surface area contributed by atoms with Gasteiger partial charge in [0.1, 0.15) is 109 Å². The average Bonchev–Trinajstić information content (AvgIpc) is 1.64. The molecule has 0 spiro atoms. The summed E-state index contributed by atoms with van der Waals surface area (Å²) in [6.07, 6.45) is 11.1. The lowest BCUT2D eigenvalue weighted by atomic mass is 10.0. The van der Waals surface area contributed by atoms with Gasteiger partial charge in [0.15, 0.2) is 0 Å². The third-order valence-corrected chi connectivity index (χ3v) is 23.2. The summed E-state index contributed by atoms with van der Waals surface area (Å²) in [6.45, 7) is 8.28. The average molecular weight is 1790 g/mol. The Kier molecular flexibility index (Phi) is 29.8. The molecule has 1 unspecified atom stereocenters. The zero-order valence-electron chi connectivity index (χ0n) is 71.8. The molecule has 130 heavy (non-hydrogen) atoms. The van der Waals surface area contributed by atoms with Gasteiger partial charge in [0.2, 0.25) is 0 Å². The Labute approximate surface area is 742 Å². The van der Waals surface area contributed by atoms with Crippen molar-refractivity contribution in [2.24, 2.45) is 22.9 Å². The second-order valence-electron chi connectivity index (χ2n) is 32.1. The van der Waals surface area contributed by atoms with Crippen LogP contribution in [0.1, 0.15) is 236 Å². The summed E-state index contributed by atoms with van der Waals surface area (Å²) in [4.78, 5) is 97.7. The number of nitrogen functional groups attached to an aromatic ring is 4. The predicted octanol–water partition coefficient (Wildman–Crippen LogP) is 13.8. The number of hydrogen-bond acceptors (Lipinski definition) is 17. The number of carbonyl (C=O) groups is 8. The smallest absolute Gasteiger partial charge is 0.254 e. The summed E-state index contributed by atoms with van der Waals surface area (Å²) in [5.41, 5.74) is 52.5. The third-order valence-electron chi connectivity index (χ3n) is 23.2. The molecule has 15 rings (SSSR count). The highest BCUT2D eigenvalue weighted by molar-refractivity contribution is 6.06. The van der Waals surface area contributed by atoms with Crippen LogP contribution in [-0.4, -0.2) is 98.1 Å². The number of aliphatic hydroxyl groups excluding tert-OH is 1. The van der Waals surface area contributed by atoms with E-state index in [1.807, 2.05) is 37.3 Å². The van der Waals surface area contributed by atoms with Gasteiger partial charge in [-0.1, -0.05) is 117 Å². The molecule has 0 saturated heterocycles. The Hall–Kier alpha value is -15.0. The van der Waals surface area contributed by atoms with E-state index in [0.29, 0.717) is 45.6 Å². The molecule has 4 aromatic heterocycles. The van der Waals surface area contributed by atoms with Crippen LogP contribution in [0.15, 0.2) is 152 Å². The molecule has 1 atom stereocenters. The van der Waals surface area contributed by atoms with E-state index in [1.54, 1.807) is 80.9 Å². The topological polar surface area (TPSA) is 484 Å². The summed E-state index contributed by atoms with van der Waals surface area (Å²) < 4.78 is 108. The maximum Gasteiger partial charge on any atom is 0.254 e. The van der Waals surface area contributed by atoms with Crippen molar-refractivity contribution in [3.8, 4) is 45.0 Å². The minimum absolute atomic E-state index is 0.00318. The quantitative estimate of drug-likeness (QED) is 0.0236. The van der Waals surface area contributed by atoms with Crippen LogP contribution < -0.4 is 67.1 Å². The van der Waals surface area contributed by atoms with Crippen LogP contribution in [0.5, 0.6) is 0 Å². The van der Waals surface area contributed by atoms with Gasteiger partial charge in [-0.2, -0.15) is 20.4 Å². The van der Waals surface area contributed by atoms with Crippen molar-refractivity contribution < 1.29 is 74.2 Å². The van der Waals surface area contributed by atoms with Crippen LogP contribution in [0.4, 0.5) is 54.0 Å². The van der Waals surface area contributed by atoms with E-state index in [0.717, 1.165) is 130 Å². The first-order valence-corrected chi connectivity index (χ1v) is 42.0. The number of aryl methyl sites for hydroxylation is 4. The van der Waals surface area contributed by atoms with Crippen molar-refractivity contribution in [3.63, 3.8) is 0 Å². The number of aliphatic hydroxyl groups is 1. The first kappa shape index (κ1) is 94.2. The maximum atomic E-state index is 15.1. The summed E-state index contributed by atoms with van der Waals surface area (Å²) >= 11 is 0. The molecule has 29 nitrogen and oxygen atoms in total. The van der Waals surface area contributed by atoms with Gasteiger partial charge in [-0.15, -0.1) is 0 Å². The van der Waals surface area contributed by atoms with E-state index in [4.69, 9.17) is 45.9 Å². The Morgan fingerprint density at radius 1 is 0.377 bits per heavy atom. The molecule has 0 bridgehead atoms. The zero-order valence-corrected chi connectivity index (χ0v) is 71.8. The minimum Gasteiger partial charge on any atom is -0.394 e. The van der Waals surface area contributed by atoms with E-state index in [9.17, 15) is 65.4 Å². The number of aromatic nitrogens is 8. The number of hydrogen-bond donors (Lipinski definition) is 13. The molecule has 8 aromatic carbocycles. The second-order valence-corrected chi connectivity index (χ2v) is 32.1. The van der Waals surface area contributed by atoms with Crippen molar-refractivity contribution in [2.75, 3.05) is 29.5 Å². The first-order valence-electron chi connectivity index (χ1n) is 42.0. The van der Waals surface area contributed by atoms with Crippen LogP contribution in [-0.2, 0) is 26.2 Å². The number of rotatable bonds is 25. The summed E-state index contributed by atoms with van der Waals surface area (Å²) in [7, 11) is 0. The van der Waals surface area contributed by atoms with Gasteiger partial charge in [-0.25, -0.2) is 49.5 Å². The zero-order chi connectivity index (χ0) is 93.8. The van der Waals surface area contributed by atoms with Crippen molar-refractivity contribution in [2.45, 2.75) is 162 Å². The van der Waals surface area contributed by atoms with Gasteiger partial charge >= 0.3 is 0 Å². The lowest BCUT2D eigenvalue weighted by molar-refractivity contribution is 0.0941. The number of nitrogens with one attached hydrogen (secondary N) is 4. The maximum absolute atomic E-state index is 15.1. The fourth-order valence-electron chi connectivity index (χ4n) is 16.1. The first-order chi connectivity index (χ1) is 62.0. The lowest BCUT2D eigenvalue weighted by Gasteiger charge is -2.11. The van der Waals surface area contributed by atoms with E-state index >= 15 is 8.78 Å². The number of amides is 8. The van der Waals surface area contributed by atoms with Crippen molar-refractivity contribution in [3.05, 3.63) is 281 Å². The van der Waals surface area contributed by atoms with Crippen LogP contribution in [0.3, 0.4) is 0 Å². The number of anilines is 4. The highest BCUT2D eigenvalue weighted by Crippen LogP contribution is 2.41. The standard InChI is InChI=1S/C24H24F3N5O2.2C24H25F2N5O2.C22H25N5O3/c1-12-6-7-14(25)9-16(12)24(34)30-11-13-8-19(27)17(10-18(13)26)21-20(23(29)33)22(28)32(31-21)15-4-2-3-5-15;1-13-6-2-5-9-16(13)24(33)29-12-17-18(25)10-14(11-19(17)26)21-20(23(28)32)22(27)31(30-21)15-7-3-4-8-15;1-13-6-8-15(25)11-18(13)24(33)29-12-14-7-9-17(19(26)10-14)21-20(23(28)32)22(27)31(30-21)16-4-2-3-5-16;1-13-5-3-4-6-17(13)22(30)25-11-15-7-9-16(10-8-15)19-18(21(24)29)20(23)27(26-19)14(2)12-28/h6-10,15H,2-5,11,28H2,1H3,(H2,29,33)(H,30,34);2,5-6,9-11,15H,3-4,7-8,12,27H2,1H3,(H2,28,32)(H,29,33);6-11,16H,2-5,12,27H2,1H3,(H2,28,32)(H,29,33);3-10,14,28H,11-12,23H2,1-2H3,(H2,24,29)(H,25,30). The fraction of sp³-hybridized carbons (Fsp3) is 0.277. The van der Waals surface area contributed by atoms with E-state index in [1.165, 1.54) is 50.4 Å². The molecule has 678 valence electrons. The van der Waals surface area contributed by atoms with E-state index < -0.39 is 88.1 Å². The molecule has 3 saturated carbocycles. The van der Waals surface area contributed by atoms with Crippen LogP contribution in [0.2, 0.25) is 0 Å². The molecule has 36 heteroatoms. The monoisotopic (exact) mass is 1780 g/mol. The number of carbonyl (C=O) groups excluding carboxylic acids is 8. The summed E-state index contributed by atoms with van der Waals surface area (Å²) in [6, 6.07) is 37.2. The second kappa shape index (κ2) is 41.2. The van der Waals surface area contributed by atoms with E-state index in [-0.39, 0.29) is 152 Å². The fourth-order valence-corrected chi connectivity index (χ4v) is 16.1. The normalized spacial score (nSPS) is 13.4. The molecule has 4 heterocycles. The minimum atomic E-state index is -0.890. The largest absolute Gasteiger partial charge is 0.394 e. The number of benzene rings is 8. The lowest BCUT2D eigenvalue weighted by Crippen LogP contribution is -2.24. The van der Waals surface area contributed by atoms with Gasteiger partial charge in [0.25, 0.3) is 47.3 Å². The molecular weight excluding hydrogens is 1690 g/mol. The summed E-state index contributed by atoms with van der Waals surface area (Å²) in [5, 5.41) is 37.5. The molecule has 3 aliphatic carbocycles. The molecular formula is C94H99F7N20O9. The number of nitrogens with zero attached hydrogens (tertiary/aromatic N) is 8. The molecule has 8 amide bonds. The third kappa shape index (κ3) is 21.1. The van der Waals surface area contributed by atoms with Crippen molar-refractivity contribution in [1.29, 1.82) is 0 Å². The van der Waals surface area contributed by atoms with Crippen molar-refractivity contribution in [1.82, 2.24) is 60.4 Å². The molecule has 0 radical (unpaired) electrons. The Bertz CT molecular complexity index is 6300. The Morgan fingerprint density at radius 3 is 1.18 bits per heavy atom. The van der Waals surface area contributed by atoms with Gasteiger partial charge in [0, 0.05) is 81.8 Å². The van der Waals surface area contributed by atoms with Crippen molar-refractivity contribution >= 4 is 70.5 Å². The number of primary amides is 4.